The fraction of sp³-hybridized carbons (Fsp3) is 0.310. The zero-order valence-corrected chi connectivity index (χ0v) is 21.9. The lowest BCUT2D eigenvalue weighted by atomic mass is 9.79. The van der Waals surface area contributed by atoms with Crippen molar-refractivity contribution < 1.29 is 9.53 Å². The number of rotatable bonds is 6. The highest BCUT2D eigenvalue weighted by atomic mass is 16.5. The number of anilines is 1. The van der Waals surface area contributed by atoms with Gasteiger partial charge in [-0.3, -0.25) is 14.9 Å². The van der Waals surface area contributed by atoms with E-state index in [2.05, 4.69) is 32.7 Å². The first kappa shape index (κ1) is 24.6. The standard InChI is InChI=1S/C29H28N8O2/c1-4-24(38)37-16-29(17-37)10-11-36(15-29)27-21(12-30)26(25-18(2)8-9-23-22(25)13-31-35-23)33-28(34-27)39-14-20-7-5-6-19(3)32-20/h4-9,13H,1,10-11,14-17H2,2-3H3,(H,31,35). The maximum atomic E-state index is 12.1. The van der Waals surface area contributed by atoms with Crippen molar-refractivity contribution >= 4 is 22.6 Å². The minimum Gasteiger partial charge on any atom is -0.457 e. The Kier molecular flexibility index (Phi) is 5.99. The van der Waals surface area contributed by atoms with Gasteiger partial charge < -0.3 is 14.5 Å². The Balaban J connectivity index is 1.41. The number of benzene rings is 1. The van der Waals surface area contributed by atoms with Crippen LogP contribution in [0.4, 0.5) is 5.82 Å². The van der Waals surface area contributed by atoms with E-state index in [1.807, 2.05) is 44.2 Å². The van der Waals surface area contributed by atoms with Gasteiger partial charge in [-0.1, -0.05) is 18.7 Å². The number of nitrogens with zero attached hydrogens (tertiary/aromatic N) is 7. The third kappa shape index (κ3) is 4.36. The van der Waals surface area contributed by atoms with Gasteiger partial charge in [0.1, 0.15) is 18.2 Å². The number of carbonyl (C=O) groups excluding carboxylic acids is 1. The molecule has 10 heteroatoms. The van der Waals surface area contributed by atoms with Crippen molar-refractivity contribution in [3.63, 3.8) is 0 Å². The number of H-pyrrole nitrogens is 1. The second-order valence-corrected chi connectivity index (χ2v) is 10.4. The maximum absolute atomic E-state index is 12.1. The van der Waals surface area contributed by atoms with Gasteiger partial charge in [-0.15, -0.1) is 0 Å². The third-order valence-electron chi connectivity index (χ3n) is 7.62. The summed E-state index contributed by atoms with van der Waals surface area (Å²) < 4.78 is 6.09. The number of aryl methyl sites for hydroxylation is 2. The Hall–Kier alpha value is -4.78. The molecule has 2 saturated heterocycles. The second kappa shape index (κ2) is 9.51. The topological polar surface area (TPSA) is 124 Å². The SMILES string of the molecule is C=CC(=O)N1CC2(CCN(c3nc(OCc4cccc(C)n4)nc(-c4c(C)ccc5[nH]ncc45)c3C#N)C2)C1. The van der Waals surface area contributed by atoms with Crippen molar-refractivity contribution in [1.82, 2.24) is 30.0 Å². The highest BCUT2D eigenvalue weighted by Gasteiger charge is 2.49. The molecular weight excluding hydrogens is 492 g/mol. The van der Waals surface area contributed by atoms with E-state index in [1.165, 1.54) is 6.08 Å². The lowest BCUT2D eigenvalue weighted by Crippen LogP contribution is -2.59. The van der Waals surface area contributed by atoms with Crippen LogP contribution in [0.2, 0.25) is 0 Å². The fourth-order valence-corrected chi connectivity index (χ4v) is 5.69. The summed E-state index contributed by atoms with van der Waals surface area (Å²) in [5.41, 5.74) is 5.18. The summed E-state index contributed by atoms with van der Waals surface area (Å²) in [6, 6.07) is 12.3. The second-order valence-electron chi connectivity index (χ2n) is 10.4. The number of amides is 1. The number of nitrogens with one attached hydrogen (secondary N) is 1. The maximum Gasteiger partial charge on any atom is 0.319 e. The number of likely N-dealkylation sites (tertiary alicyclic amines) is 1. The summed E-state index contributed by atoms with van der Waals surface area (Å²) in [5.74, 6) is 0.491. The zero-order chi connectivity index (χ0) is 27.1. The molecule has 0 radical (unpaired) electrons. The molecule has 5 heterocycles. The lowest BCUT2D eigenvalue weighted by molar-refractivity contribution is -0.136. The van der Waals surface area contributed by atoms with Crippen LogP contribution < -0.4 is 9.64 Å². The molecule has 2 aliphatic rings. The molecule has 0 saturated carbocycles. The van der Waals surface area contributed by atoms with E-state index in [4.69, 9.17) is 14.7 Å². The van der Waals surface area contributed by atoms with Gasteiger partial charge in [0.25, 0.3) is 0 Å². The van der Waals surface area contributed by atoms with Crippen molar-refractivity contribution in [3.05, 3.63) is 71.7 Å². The van der Waals surface area contributed by atoms with E-state index in [0.29, 0.717) is 36.7 Å². The minimum absolute atomic E-state index is 0.0243. The predicted molar refractivity (Wildman–Crippen MR) is 146 cm³/mol. The molecule has 1 aromatic carbocycles. The van der Waals surface area contributed by atoms with E-state index >= 15 is 0 Å². The Morgan fingerprint density at radius 2 is 2.05 bits per heavy atom. The fourth-order valence-electron chi connectivity index (χ4n) is 5.69. The predicted octanol–water partition coefficient (Wildman–Crippen LogP) is 3.71. The average molecular weight is 521 g/mol. The number of fused-ring (bicyclic) bond motifs is 1. The van der Waals surface area contributed by atoms with E-state index in [0.717, 1.165) is 46.4 Å². The Morgan fingerprint density at radius 3 is 2.82 bits per heavy atom. The molecule has 1 amide bonds. The number of nitriles is 1. The van der Waals surface area contributed by atoms with Gasteiger partial charge in [-0.05, 0) is 50.1 Å². The molecule has 0 bridgehead atoms. The van der Waals surface area contributed by atoms with Crippen molar-refractivity contribution in [1.29, 1.82) is 5.26 Å². The van der Waals surface area contributed by atoms with E-state index in [9.17, 15) is 10.1 Å². The first-order chi connectivity index (χ1) is 18.9. The molecule has 0 unspecified atom stereocenters. The molecule has 0 aliphatic carbocycles. The highest BCUT2D eigenvalue weighted by Crippen LogP contribution is 2.43. The van der Waals surface area contributed by atoms with Gasteiger partial charge in [0, 0.05) is 48.2 Å². The molecule has 4 aromatic rings. The van der Waals surface area contributed by atoms with Gasteiger partial charge in [-0.25, -0.2) is 0 Å². The van der Waals surface area contributed by atoms with Gasteiger partial charge in [0.2, 0.25) is 5.91 Å². The quantitative estimate of drug-likeness (QED) is 0.382. The summed E-state index contributed by atoms with van der Waals surface area (Å²) >= 11 is 0. The summed E-state index contributed by atoms with van der Waals surface area (Å²) in [7, 11) is 0. The molecule has 0 atom stereocenters. The van der Waals surface area contributed by atoms with Crippen LogP contribution in [-0.2, 0) is 11.4 Å². The summed E-state index contributed by atoms with van der Waals surface area (Å²) in [6.45, 7) is 10.5. The first-order valence-corrected chi connectivity index (χ1v) is 12.9. The van der Waals surface area contributed by atoms with Crippen molar-refractivity contribution in [2.45, 2.75) is 26.9 Å². The molecule has 2 aliphatic heterocycles. The Morgan fingerprint density at radius 1 is 1.21 bits per heavy atom. The summed E-state index contributed by atoms with van der Waals surface area (Å²) in [6.07, 6.45) is 4.01. The number of pyridine rings is 1. The van der Waals surface area contributed by atoms with Crippen LogP contribution in [0, 0.1) is 30.6 Å². The van der Waals surface area contributed by atoms with Crippen molar-refractivity contribution in [2.75, 3.05) is 31.1 Å². The molecule has 196 valence electrons. The van der Waals surface area contributed by atoms with Gasteiger partial charge in [0.05, 0.1) is 23.1 Å². The van der Waals surface area contributed by atoms with Crippen LogP contribution in [0.15, 0.2) is 49.2 Å². The summed E-state index contributed by atoms with van der Waals surface area (Å²) in [5, 5.41) is 18.5. The average Bonchev–Trinajstić information content (AvgIpc) is 3.58. The monoisotopic (exact) mass is 520 g/mol. The minimum atomic E-state index is -0.0507. The first-order valence-electron chi connectivity index (χ1n) is 12.9. The normalized spacial score (nSPS) is 15.8. The molecule has 6 rings (SSSR count). The number of carbonyl (C=O) groups is 1. The number of aromatic amines is 1. The number of hydrogen-bond donors (Lipinski definition) is 1. The smallest absolute Gasteiger partial charge is 0.319 e. The van der Waals surface area contributed by atoms with Crippen molar-refractivity contribution in [3.8, 4) is 23.3 Å². The van der Waals surface area contributed by atoms with E-state index in [-0.39, 0.29) is 23.9 Å². The number of hydrogen-bond acceptors (Lipinski definition) is 8. The zero-order valence-electron chi connectivity index (χ0n) is 21.9. The van der Waals surface area contributed by atoms with Crippen LogP contribution in [0.5, 0.6) is 6.01 Å². The largest absolute Gasteiger partial charge is 0.457 e. The van der Waals surface area contributed by atoms with Crippen LogP contribution in [-0.4, -0.2) is 62.1 Å². The van der Waals surface area contributed by atoms with E-state index < -0.39 is 0 Å². The molecule has 1 spiro atoms. The third-order valence-corrected chi connectivity index (χ3v) is 7.62. The number of ether oxygens (including phenoxy) is 1. The van der Waals surface area contributed by atoms with E-state index in [1.54, 1.807) is 11.1 Å². The van der Waals surface area contributed by atoms with Crippen LogP contribution in [0.1, 0.15) is 28.9 Å². The van der Waals surface area contributed by atoms with Crippen molar-refractivity contribution in [2.24, 2.45) is 5.41 Å². The molecule has 39 heavy (non-hydrogen) atoms. The Bertz CT molecular complexity index is 1650. The Labute approximate surface area is 226 Å². The van der Waals surface area contributed by atoms with Crippen LogP contribution in [0.25, 0.3) is 22.2 Å². The van der Waals surface area contributed by atoms with Gasteiger partial charge >= 0.3 is 6.01 Å². The molecule has 2 fully saturated rings. The summed E-state index contributed by atoms with van der Waals surface area (Å²) in [4.78, 5) is 30.1. The van der Waals surface area contributed by atoms with Gasteiger partial charge in [0.15, 0.2) is 5.82 Å². The van der Waals surface area contributed by atoms with Crippen LogP contribution >= 0.6 is 0 Å². The molecule has 3 aromatic heterocycles. The van der Waals surface area contributed by atoms with Gasteiger partial charge in [-0.2, -0.15) is 20.3 Å². The number of aromatic nitrogens is 5. The highest BCUT2D eigenvalue weighted by molar-refractivity contribution is 5.97. The van der Waals surface area contributed by atoms with Crippen LogP contribution in [0.3, 0.4) is 0 Å². The molecule has 1 N–H and O–H groups in total. The lowest BCUT2D eigenvalue weighted by Gasteiger charge is -2.47. The molecule has 10 nitrogen and oxygen atoms in total. The molecular formula is C29H28N8O2.